The third-order valence-electron chi connectivity index (χ3n) is 6.55. The van der Waals surface area contributed by atoms with Crippen molar-refractivity contribution >= 4 is 34.2 Å². The highest BCUT2D eigenvalue weighted by Gasteiger charge is 2.60. The second-order valence-electron chi connectivity index (χ2n) is 7.82. The lowest BCUT2D eigenvalue weighted by Gasteiger charge is -2.43. The van der Waals surface area contributed by atoms with E-state index in [-0.39, 0.29) is 35.5 Å². The van der Waals surface area contributed by atoms with Crippen molar-refractivity contribution < 1.29 is 9.59 Å². The molecule has 24 heavy (non-hydrogen) atoms. The van der Waals surface area contributed by atoms with Gasteiger partial charge in [0.15, 0.2) is 11.6 Å². The van der Waals surface area contributed by atoms with Crippen LogP contribution >= 0.6 is 22.7 Å². The van der Waals surface area contributed by atoms with E-state index in [9.17, 15) is 9.59 Å². The van der Waals surface area contributed by atoms with Gasteiger partial charge < -0.3 is 0 Å². The summed E-state index contributed by atoms with van der Waals surface area (Å²) in [6, 6.07) is 4.14. The van der Waals surface area contributed by atoms with Gasteiger partial charge in [-0.05, 0) is 37.8 Å². The van der Waals surface area contributed by atoms with E-state index >= 15 is 0 Å². The topological polar surface area (TPSA) is 34.1 Å². The van der Waals surface area contributed by atoms with Crippen molar-refractivity contribution in [2.45, 2.75) is 39.5 Å². The average molecular weight is 357 g/mol. The van der Waals surface area contributed by atoms with Gasteiger partial charge in [0.2, 0.25) is 0 Å². The fraction of sp³-hybridized carbons (Fsp3) is 0.500. The lowest BCUT2D eigenvalue weighted by Crippen LogP contribution is -2.42. The predicted molar refractivity (Wildman–Crippen MR) is 97.6 cm³/mol. The first-order chi connectivity index (χ1) is 11.4. The summed E-state index contributed by atoms with van der Waals surface area (Å²) in [5.41, 5.74) is 1.89. The molecule has 0 saturated heterocycles. The van der Waals surface area contributed by atoms with E-state index in [0.29, 0.717) is 11.6 Å². The van der Waals surface area contributed by atoms with Gasteiger partial charge in [0.1, 0.15) is 0 Å². The molecule has 0 N–H and O–H groups in total. The second-order valence-corrected chi connectivity index (χ2v) is 10.4. The Labute approximate surface area is 149 Å². The van der Waals surface area contributed by atoms with Gasteiger partial charge in [0, 0.05) is 54.3 Å². The number of ketones is 2. The van der Waals surface area contributed by atoms with Crippen molar-refractivity contribution in [1.29, 1.82) is 0 Å². The minimum atomic E-state index is 0.0595. The number of fused-ring (bicyclic) bond motifs is 6. The maximum Gasteiger partial charge on any atom is 0.168 e. The first-order valence-corrected chi connectivity index (χ1v) is 10.3. The van der Waals surface area contributed by atoms with E-state index in [0.717, 1.165) is 11.1 Å². The number of hydrogen-bond donors (Lipinski definition) is 0. The van der Waals surface area contributed by atoms with E-state index in [1.165, 1.54) is 19.5 Å². The summed E-state index contributed by atoms with van der Waals surface area (Å²) >= 11 is 3.53. The number of Topliss-reactive ketones (excluding diaryl/α,β-unsaturated/α-hetero) is 2. The van der Waals surface area contributed by atoms with Crippen LogP contribution in [0, 0.1) is 37.5 Å². The molecule has 1 saturated carbocycles. The standard InChI is InChI=1S/C20H20O2S2/c1-7-5-11-17(21)13-10(4)16-14(9(3)15(13)19(11)23-7)18(22)12-6-8(2)24-20(12)16/h5-6,9-10,13-16H,1-4H3. The minimum absolute atomic E-state index is 0.0595. The molecule has 2 heterocycles. The van der Waals surface area contributed by atoms with Crippen LogP contribution in [0.5, 0.6) is 0 Å². The van der Waals surface area contributed by atoms with Crippen molar-refractivity contribution in [3.63, 3.8) is 0 Å². The number of aryl methyl sites for hydroxylation is 2. The zero-order valence-corrected chi connectivity index (χ0v) is 15.9. The van der Waals surface area contributed by atoms with Gasteiger partial charge in [-0.25, -0.2) is 0 Å². The zero-order chi connectivity index (χ0) is 16.9. The molecular formula is C20H20O2S2. The Morgan fingerprint density at radius 1 is 0.708 bits per heavy atom. The van der Waals surface area contributed by atoms with Crippen LogP contribution in [0.1, 0.15) is 65.9 Å². The van der Waals surface area contributed by atoms with E-state index in [1.54, 1.807) is 22.7 Å². The molecular weight excluding hydrogens is 336 g/mol. The molecule has 3 aliphatic carbocycles. The SMILES string of the molecule is Cc1cc2c(s1)C1C(C)C3C(=O)c4cc(C)sc4C3C(C)C1C2=O. The van der Waals surface area contributed by atoms with E-state index in [2.05, 4.69) is 39.8 Å². The number of carbonyl (C=O) groups is 2. The maximum atomic E-state index is 13.1. The third-order valence-corrected chi connectivity index (χ3v) is 8.85. The van der Waals surface area contributed by atoms with Crippen molar-refractivity contribution in [3.8, 4) is 0 Å². The normalized spacial score (nSPS) is 36.5. The van der Waals surface area contributed by atoms with Crippen molar-refractivity contribution in [2.24, 2.45) is 23.7 Å². The first kappa shape index (κ1) is 15.0. The van der Waals surface area contributed by atoms with Crippen LogP contribution in [0.15, 0.2) is 12.1 Å². The molecule has 0 radical (unpaired) electrons. The molecule has 124 valence electrons. The predicted octanol–water partition coefficient (Wildman–Crippen LogP) is 5.20. The molecule has 0 aromatic carbocycles. The van der Waals surface area contributed by atoms with Gasteiger partial charge in [0.25, 0.3) is 0 Å². The molecule has 0 spiro atoms. The summed E-state index contributed by atoms with van der Waals surface area (Å²) in [6.45, 7) is 8.57. The lowest BCUT2D eigenvalue weighted by molar-refractivity contribution is 0.0551. The summed E-state index contributed by atoms with van der Waals surface area (Å²) in [4.78, 5) is 31.1. The quantitative estimate of drug-likeness (QED) is 0.650. The largest absolute Gasteiger partial charge is 0.294 e. The Bertz CT molecular complexity index is 829. The van der Waals surface area contributed by atoms with Gasteiger partial charge in [0.05, 0.1) is 0 Å². The van der Waals surface area contributed by atoms with Gasteiger partial charge in [-0.15, -0.1) is 22.7 Å². The summed E-state index contributed by atoms with van der Waals surface area (Å²) in [5.74, 6) is 1.73. The van der Waals surface area contributed by atoms with E-state index in [4.69, 9.17) is 0 Å². The molecule has 2 aromatic rings. The summed E-state index contributed by atoms with van der Waals surface area (Å²) in [7, 11) is 0. The fourth-order valence-electron chi connectivity index (χ4n) is 5.67. The fourth-order valence-corrected chi connectivity index (χ4v) is 8.25. The first-order valence-electron chi connectivity index (χ1n) is 8.69. The molecule has 0 amide bonds. The monoisotopic (exact) mass is 356 g/mol. The van der Waals surface area contributed by atoms with E-state index in [1.807, 2.05) is 0 Å². The average Bonchev–Trinajstić information content (AvgIpc) is 3.20. The molecule has 2 aromatic heterocycles. The van der Waals surface area contributed by atoms with Crippen LogP contribution in [0.25, 0.3) is 0 Å². The highest BCUT2D eigenvalue weighted by molar-refractivity contribution is 7.13. The van der Waals surface area contributed by atoms with Crippen LogP contribution in [0.4, 0.5) is 0 Å². The Balaban J connectivity index is 1.68. The van der Waals surface area contributed by atoms with Crippen molar-refractivity contribution in [1.82, 2.24) is 0 Å². The molecule has 0 aliphatic heterocycles. The van der Waals surface area contributed by atoms with Gasteiger partial charge in [-0.2, -0.15) is 0 Å². The second kappa shape index (κ2) is 4.67. The van der Waals surface area contributed by atoms with Gasteiger partial charge >= 0.3 is 0 Å². The Morgan fingerprint density at radius 3 is 1.46 bits per heavy atom. The molecule has 6 atom stereocenters. The maximum absolute atomic E-state index is 13.1. The third kappa shape index (κ3) is 1.62. The molecule has 0 bridgehead atoms. The van der Waals surface area contributed by atoms with E-state index < -0.39 is 0 Å². The van der Waals surface area contributed by atoms with Crippen molar-refractivity contribution in [3.05, 3.63) is 42.8 Å². The molecule has 4 heteroatoms. The smallest absolute Gasteiger partial charge is 0.168 e. The highest BCUT2D eigenvalue weighted by atomic mass is 32.1. The number of carbonyl (C=O) groups excluding carboxylic acids is 2. The summed E-state index contributed by atoms with van der Waals surface area (Å²) in [6.07, 6.45) is 0. The number of thiophene rings is 2. The molecule has 3 aliphatic rings. The number of rotatable bonds is 0. The summed E-state index contributed by atoms with van der Waals surface area (Å²) < 4.78 is 0. The Kier molecular flexibility index (Phi) is 2.93. The Morgan fingerprint density at radius 2 is 1.08 bits per heavy atom. The van der Waals surface area contributed by atoms with Gasteiger partial charge in [-0.3, -0.25) is 9.59 Å². The van der Waals surface area contributed by atoms with Crippen LogP contribution in [0.2, 0.25) is 0 Å². The van der Waals surface area contributed by atoms with Crippen LogP contribution in [0.3, 0.4) is 0 Å². The highest BCUT2D eigenvalue weighted by Crippen LogP contribution is 2.63. The van der Waals surface area contributed by atoms with Crippen LogP contribution in [-0.4, -0.2) is 11.6 Å². The summed E-state index contributed by atoms with van der Waals surface area (Å²) in [5, 5.41) is 0. The zero-order valence-electron chi connectivity index (χ0n) is 14.3. The van der Waals surface area contributed by atoms with Crippen molar-refractivity contribution in [2.75, 3.05) is 0 Å². The lowest BCUT2D eigenvalue weighted by atomic mass is 9.59. The minimum Gasteiger partial charge on any atom is -0.294 e. The molecule has 6 unspecified atom stereocenters. The number of hydrogen-bond acceptors (Lipinski definition) is 4. The molecule has 2 nitrogen and oxygen atoms in total. The molecule has 5 rings (SSSR count). The molecule has 1 fully saturated rings. The van der Waals surface area contributed by atoms with Crippen LogP contribution in [-0.2, 0) is 0 Å². The Hall–Kier alpha value is -1.26. The van der Waals surface area contributed by atoms with Gasteiger partial charge in [-0.1, -0.05) is 13.8 Å². The van der Waals surface area contributed by atoms with Crippen LogP contribution < -0.4 is 0 Å².